The van der Waals surface area contributed by atoms with Crippen LogP contribution in [-0.2, 0) is 4.74 Å². The molecule has 96 valence electrons. The molecule has 0 amide bonds. The lowest BCUT2D eigenvalue weighted by Gasteiger charge is -2.21. The van der Waals surface area contributed by atoms with Crippen molar-refractivity contribution in [3.8, 4) is 0 Å². The van der Waals surface area contributed by atoms with Gasteiger partial charge in [0.2, 0.25) is 0 Å². The summed E-state index contributed by atoms with van der Waals surface area (Å²) in [5.41, 5.74) is 0. The zero-order valence-corrected chi connectivity index (χ0v) is 11.1. The molecule has 1 saturated carbocycles. The van der Waals surface area contributed by atoms with Crippen molar-refractivity contribution in [3.63, 3.8) is 0 Å². The maximum absolute atomic E-state index is 5.89. The van der Waals surface area contributed by atoms with E-state index in [9.17, 15) is 0 Å². The van der Waals surface area contributed by atoms with Gasteiger partial charge in [0.05, 0.1) is 6.10 Å². The molecule has 2 nitrogen and oxygen atoms in total. The van der Waals surface area contributed by atoms with Gasteiger partial charge in [0.15, 0.2) is 0 Å². The second kappa shape index (κ2) is 9.00. The van der Waals surface area contributed by atoms with Crippen LogP contribution in [0.5, 0.6) is 0 Å². The van der Waals surface area contributed by atoms with Crippen molar-refractivity contribution < 1.29 is 4.74 Å². The summed E-state index contributed by atoms with van der Waals surface area (Å²) in [5.74, 6) is 0. The predicted octanol–water partition coefficient (Wildman–Crippen LogP) is 3.50. The van der Waals surface area contributed by atoms with Gasteiger partial charge >= 0.3 is 0 Å². The summed E-state index contributed by atoms with van der Waals surface area (Å²) in [7, 11) is 0. The number of ether oxygens (including phenoxy) is 1. The summed E-state index contributed by atoms with van der Waals surface area (Å²) in [6.07, 6.45) is 11.2. The van der Waals surface area contributed by atoms with Gasteiger partial charge in [-0.25, -0.2) is 0 Å². The Morgan fingerprint density at radius 2 is 1.81 bits per heavy atom. The van der Waals surface area contributed by atoms with E-state index in [0.29, 0.717) is 12.1 Å². The van der Waals surface area contributed by atoms with Crippen molar-refractivity contribution in [1.29, 1.82) is 0 Å². The van der Waals surface area contributed by atoms with E-state index >= 15 is 0 Å². The molecule has 0 bridgehead atoms. The van der Waals surface area contributed by atoms with Crippen LogP contribution in [-0.4, -0.2) is 25.3 Å². The van der Waals surface area contributed by atoms with Crippen LogP contribution in [0.15, 0.2) is 0 Å². The quantitative estimate of drug-likeness (QED) is 0.641. The molecule has 0 aliphatic heterocycles. The Labute approximate surface area is 101 Å². The van der Waals surface area contributed by atoms with Gasteiger partial charge in [0.25, 0.3) is 0 Å². The van der Waals surface area contributed by atoms with Crippen LogP contribution in [0.4, 0.5) is 0 Å². The molecule has 0 aromatic rings. The van der Waals surface area contributed by atoms with Crippen LogP contribution in [0.2, 0.25) is 0 Å². The van der Waals surface area contributed by atoms with E-state index in [0.717, 1.165) is 13.2 Å². The van der Waals surface area contributed by atoms with E-state index in [-0.39, 0.29) is 0 Å². The minimum Gasteiger partial charge on any atom is -0.378 e. The normalized spacial score (nSPS) is 18.2. The lowest BCUT2D eigenvalue weighted by Crippen LogP contribution is -2.23. The highest BCUT2D eigenvalue weighted by atomic mass is 16.5. The number of nitrogens with one attached hydrogen (secondary N) is 1. The fourth-order valence-electron chi connectivity index (χ4n) is 2.28. The minimum atomic E-state index is 0.586. The first kappa shape index (κ1) is 14.0. The smallest absolute Gasteiger partial charge is 0.0575 e. The van der Waals surface area contributed by atoms with Gasteiger partial charge in [-0.1, -0.05) is 33.1 Å². The van der Waals surface area contributed by atoms with Gasteiger partial charge in [-0.2, -0.15) is 0 Å². The fraction of sp³-hybridized carbons (Fsp3) is 1.00. The number of rotatable bonds is 8. The standard InChI is InChI=1S/C14H29NO/c1-13(2)15-11-7-4-8-12-16-14-9-5-3-6-10-14/h13-15H,3-12H2,1-2H3. The Bertz CT molecular complexity index is 153. The monoisotopic (exact) mass is 227 g/mol. The zero-order valence-electron chi connectivity index (χ0n) is 11.1. The van der Waals surface area contributed by atoms with Crippen LogP contribution in [0, 0.1) is 0 Å². The first-order chi connectivity index (χ1) is 7.79. The third-order valence-electron chi connectivity index (χ3n) is 3.28. The average Bonchev–Trinajstić information content (AvgIpc) is 2.29. The van der Waals surface area contributed by atoms with Crippen molar-refractivity contribution >= 4 is 0 Å². The van der Waals surface area contributed by atoms with Gasteiger partial charge in [0.1, 0.15) is 0 Å². The van der Waals surface area contributed by atoms with Gasteiger partial charge < -0.3 is 10.1 Å². The predicted molar refractivity (Wildman–Crippen MR) is 69.8 cm³/mol. The lowest BCUT2D eigenvalue weighted by atomic mass is 9.98. The van der Waals surface area contributed by atoms with Crippen molar-refractivity contribution in [2.75, 3.05) is 13.2 Å². The van der Waals surface area contributed by atoms with E-state index in [1.807, 2.05) is 0 Å². The first-order valence-corrected chi connectivity index (χ1v) is 7.14. The summed E-state index contributed by atoms with van der Waals surface area (Å²) >= 11 is 0. The second-order valence-corrected chi connectivity index (χ2v) is 5.30. The maximum atomic E-state index is 5.89. The van der Waals surface area contributed by atoms with Gasteiger partial charge in [-0.05, 0) is 38.6 Å². The molecular formula is C14H29NO. The maximum Gasteiger partial charge on any atom is 0.0575 e. The Morgan fingerprint density at radius 1 is 1.06 bits per heavy atom. The molecule has 0 heterocycles. The van der Waals surface area contributed by atoms with Crippen molar-refractivity contribution in [3.05, 3.63) is 0 Å². The molecule has 0 aromatic heterocycles. The van der Waals surface area contributed by atoms with Crippen molar-refractivity contribution in [2.24, 2.45) is 0 Å². The van der Waals surface area contributed by atoms with E-state index in [1.54, 1.807) is 0 Å². The molecule has 0 unspecified atom stereocenters. The fourth-order valence-corrected chi connectivity index (χ4v) is 2.28. The second-order valence-electron chi connectivity index (χ2n) is 5.30. The molecule has 1 N–H and O–H groups in total. The van der Waals surface area contributed by atoms with E-state index in [1.165, 1.54) is 51.4 Å². The van der Waals surface area contributed by atoms with Crippen molar-refractivity contribution in [1.82, 2.24) is 5.32 Å². The summed E-state index contributed by atoms with van der Waals surface area (Å²) in [4.78, 5) is 0. The molecule has 2 heteroatoms. The largest absolute Gasteiger partial charge is 0.378 e. The third kappa shape index (κ3) is 7.24. The molecule has 1 rings (SSSR count). The van der Waals surface area contributed by atoms with Crippen LogP contribution in [0.1, 0.15) is 65.2 Å². The number of hydrogen-bond donors (Lipinski definition) is 1. The third-order valence-corrected chi connectivity index (χ3v) is 3.28. The topological polar surface area (TPSA) is 21.3 Å². The van der Waals surface area contributed by atoms with Crippen molar-refractivity contribution in [2.45, 2.75) is 77.4 Å². The van der Waals surface area contributed by atoms with E-state index in [2.05, 4.69) is 19.2 Å². The average molecular weight is 227 g/mol. The Kier molecular flexibility index (Phi) is 7.87. The van der Waals surface area contributed by atoms with Gasteiger partial charge in [-0.15, -0.1) is 0 Å². The Morgan fingerprint density at radius 3 is 2.50 bits per heavy atom. The first-order valence-electron chi connectivity index (χ1n) is 7.14. The summed E-state index contributed by atoms with van der Waals surface area (Å²) in [6.45, 7) is 6.53. The number of hydrogen-bond acceptors (Lipinski definition) is 2. The van der Waals surface area contributed by atoms with Crippen LogP contribution in [0.25, 0.3) is 0 Å². The SMILES string of the molecule is CC(C)NCCCCCOC1CCCCC1. The summed E-state index contributed by atoms with van der Waals surface area (Å²) < 4.78 is 5.89. The summed E-state index contributed by atoms with van der Waals surface area (Å²) in [6, 6.07) is 0.624. The molecule has 0 saturated heterocycles. The van der Waals surface area contributed by atoms with E-state index in [4.69, 9.17) is 4.74 Å². The highest BCUT2D eigenvalue weighted by molar-refractivity contribution is 4.65. The molecule has 1 fully saturated rings. The summed E-state index contributed by atoms with van der Waals surface area (Å²) in [5, 5.41) is 3.44. The van der Waals surface area contributed by atoms with Crippen LogP contribution in [0.3, 0.4) is 0 Å². The Hall–Kier alpha value is -0.0800. The minimum absolute atomic E-state index is 0.586. The lowest BCUT2D eigenvalue weighted by molar-refractivity contribution is 0.0263. The van der Waals surface area contributed by atoms with Gasteiger partial charge in [0, 0.05) is 12.6 Å². The molecule has 0 radical (unpaired) electrons. The highest BCUT2D eigenvalue weighted by Gasteiger charge is 2.12. The molecule has 0 spiro atoms. The van der Waals surface area contributed by atoms with Crippen LogP contribution < -0.4 is 5.32 Å². The molecule has 1 aliphatic rings. The molecule has 1 aliphatic carbocycles. The Balaban J connectivity index is 1.80. The molecule has 0 aromatic carbocycles. The number of unbranched alkanes of at least 4 members (excludes halogenated alkanes) is 2. The molecule has 0 atom stereocenters. The molecule has 16 heavy (non-hydrogen) atoms. The highest BCUT2D eigenvalue weighted by Crippen LogP contribution is 2.20. The zero-order chi connectivity index (χ0) is 11.6. The van der Waals surface area contributed by atoms with Crippen LogP contribution >= 0.6 is 0 Å². The van der Waals surface area contributed by atoms with Gasteiger partial charge in [-0.3, -0.25) is 0 Å². The van der Waals surface area contributed by atoms with E-state index < -0.39 is 0 Å². The molecular weight excluding hydrogens is 198 g/mol.